The van der Waals surface area contributed by atoms with Crippen molar-refractivity contribution in [2.45, 2.75) is 307 Å². The highest BCUT2D eigenvalue weighted by atomic mass is 16.6. The van der Waals surface area contributed by atoms with E-state index in [0.717, 1.165) is 151 Å². The van der Waals surface area contributed by atoms with Gasteiger partial charge in [-0.05, 0) is 255 Å². The Hall–Kier alpha value is -9.36. The molecule has 4 amide bonds. The molecular formula is C96H124N12O12. The maximum Gasteiger partial charge on any atom is 0.407 e. The molecule has 8 fully saturated rings. The number of imidazole rings is 4. The van der Waals surface area contributed by atoms with E-state index in [2.05, 4.69) is 157 Å². The quantitative estimate of drug-likeness (QED) is 0.0656. The average molecular weight is 1640 g/mol. The van der Waals surface area contributed by atoms with Crippen LogP contribution in [0.2, 0.25) is 0 Å². The van der Waals surface area contributed by atoms with Gasteiger partial charge in [0.1, 0.15) is 22.4 Å². The summed E-state index contributed by atoms with van der Waals surface area (Å²) in [6, 6.07) is 35.1. The summed E-state index contributed by atoms with van der Waals surface area (Å²) in [5.74, 6) is 0.822. The smallest absolute Gasteiger partial charge is 0.407 e. The molecule has 8 heterocycles. The molecule has 8 N–H and O–H groups in total. The standard InChI is InChI=1S/4C24H31N3O3/c4*1-23(2,3)30-22(29)26-15-8-10-24(11-9-15)12-18(21(24)28)20-17-7-5-4-6-16(17)19-13-25-14-27(19)20/h4*4-7,13-15,18,20-21,28H,8-12H2,1-3H3,(H,26,29)/t15?,18-,20+,21+,24?;15?,18-,20+,21-,24?;2*15?,18-,20-,21+,24?/m1010/s1. The van der Waals surface area contributed by atoms with Gasteiger partial charge in [0, 0.05) is 70.1 Å². The molecule has 0 unspecified atom stereocenters. The maximum absolute atomic E-state index is 12.1. The van der Waals surface area contributed by atoms with Crippen molar-refractivity contribution in [1.82, 2.24) is 59.5 Å². The maximum atomic E-state index is 12.1. The molecule has 640 valence electrons. The molecule has 0 saturated heterocycles. The zero-order valence-corrected chi connectivity index (χ0v) is 71.9. The number of ether oxygens (including phenoxy) is 4. The number of aromatic nitrogens is 8. The highest BCUT2D eigenvalue weighted by Crippen LogP contribution is 2.66. The van der Waals surface area contributed by atoms with Crippen LogP contribution in [0, 0.1) is 45.3 Å². The van der Waals surface area contributed by atoms with Gasteiger partial charge >= 0.3 is 24.4 Å². The summed E-state index contributed by atoms with van der Waals surface area (Å²) in [6.07, 6.45) is 31.3. The van der Waals surface area contributed by atoms with Gasteiger partial charge in [-0.15, -0.1) is 0 Å². The molecule has 120 heavy (non-hydrogen) atoms. The number of benzene rings is 4. The summed E-state index contributed by atoms with van der Waals surface area (Å²) in [4.78, 5) is 65.7. The first-order valence-corrected chi connectivity index (χ1v) is 44.2. The van der Waals surface area contributed by atoms with Crippen LogP contribution in [0.25, 0.3) is 45.0 Å². The Morgan fingerprint density at radius 1 is 0.317 bits per heavy atom. The van der Waals surface area contributed by atoms with Crippen LogP contribution in [0.5, 0.6) is 0 Å². The van der Waals surface area contributed by atoms with Crippen LogP contribution < -0.4 is 21.3 Å². The molecule has 8 saturated carbocycles. The minimum absolute atomic E-state index is 0.0188. The summed E-state index contributed by atoms with van der Waals surface area (Å²) >= 11 is 0. The second-order valence-corrected chi connectivity index (χ2v) is 41.3. The van der Waals surface area contributed by atoms with Gasteiger partial charge in [0.25, 0.3) is 0 Å². The Kier molecular flexibility index (Phi) is 21.8. The highest BCUT2D eigenvalue weighted by Gasteiger charge is 2.62. The van der Waals surface area contributed by atoms with Crippen molar-refractivity contribution in [2.75, 3.05) is 0 Å². The molecule has 0 bridgehead atoms. The van der Waals surface area contributed by atoms with E-state index < -0.39 is 22.4 Å². The monoisotopic (exact) mass is 1640 g/mol. The zero-order chi connectivity index (χ0) is 84.4. The molecule has 4 aromatic carbocycles. The normalized spacial score (nSPS) is 32.3. The Morgan fingerprint density at radius 2 is 0.500 bits per heavy atom. The van der Waals surface area contributed by atoms with Gasteiger partial charge in [-0.1, -0.05) is 97.1 Å². The van der Waals surface area contributed by atoms with Gasteiger partial charge in [-0.3, -0.25) is 0 Å². The molecule has 20 rings (SSSR count). The number of aliphatic hydroxyl groups is 4. The van der Waals surface area contributed by atoms with Crippen LogP contribution >= 0.6 is 0 Å². The second-order valence-electron chi connectivity index (χ2n) is 41.3. The number of carbonyl (C=O) groups is 4. The van der Waals surface area contributed by atoms with Gasteiger partial charge in [0.05, 0.1) is 121 Å². The van der Waals surface area contributed by atoms with Gasteiger partial charge < -0.3 is 78.9 Å². The van der Waals surface area contributed by atoms with Crippen molar-refractivity contribution in [2.24, 2.45) is 45.3 Å². The molecule has 4 aromatic heterocycles. The van der Waals surface area contributed by atoms with E-state index in [1.807, 2.05) is 133 Å². The lowest BCUT2D eigenvalue weighted by atomic mass is 9.51. The Labute approximate surface area is 705 Å². The van der Waals surface area contributed by atoms with Crippen molar-refractivity contribution < 1.29 is 58.6 Å². The molecule has 4 spiro atoms. The fourth-order valence-corrected chi connectivity index (χ4v) is 23.6. The first-order chi connectivity index (χ1) is 57.1. The van der Waals surface area contributed by atoms with E-state index >= 15 is 0 Å². The van der Waals surface area contributed by atoms with Gasteiger partial charge in [-0.2, -0.15) is 0 Å². The summed E-state index contributed by atoms with van der Waals surface area (Å²) in [5.41, 5.74) is 12.7. The van der Waals surface area contributed by atoms with Crippen molar-refractivity contribution >= 4 is 24.4 Å². The average Bonchev–Trinajstić information content (AvgIpc) is 1.51. The van der Waals surface area contributed by atoms with Crippen molar-refractivity contribution in [3.63, 3.8) is 0 Å². The number of carbonyl (C=O) groups excluding carboxylic acids is 4. The second kappa shape index (κ2) is 31.5. The lowest BCUT2D eigenvalue weighted by Gasteiger charge is -2.57. The summed E-state index contributed by atoms with van der Waals surface area (Å²) in [5, 5.41) is 57.3. The number of nitrogens with one attached hydrogen (secondary N) is 4. The minimum Gasteiger partial charge on any atom is -0.444 e. The third kappa shape index (κ3) is 15.8. The van der Waals surface area contributed by atoms with Crippen molar-refractivity contribution in [3.05, 3.63) is 169 Å². The van der Waals surface area contributed by atoms with Gasteiger partial charge in [0.2, 0.25) is 0 Å². The summed E-state index contributed by atoms with van der Waals surface area (Å²) in [7, 11) is 0. The van der Waals surface area contributed by atoms with Crippen LogP contribution in [0.3, 0.4) is 0 Å². The van der Waals surface area contributed by atoms with Gasteiger partial charge in [-0.25, -0.2) is 39.1 Å². The summed E-state index contributed by atoms with van der Waals surface area (Å²) in [6.45, 7) is 22.5. The highest BCUT2D eigenvalue weighted by molar-refractivity contribution is 5.74. The Balaban J connectivity index is 0.000000114. The van der Waals surface area contributed by atoms with E-state index in [1.54, 1.807) is 0 Å². The molecule has 12 aliphatic rings. The van der Waals surface area contributed by atoms with E-state index in [4.69, 9.17) is 18.9 Å². The van der Waals surface area contributed by atoms with E-state index in [-0.39, 0.29) is 142 Å². The van der Waals surface area contributed by atoms with Crippen LogP contribution in [0.15, 0.2) is 147 Å². The topological polar surface area (TPSA) is 306 Å². The third-order valence-electron chi connectivity index (χ3n) is 29.2. The van der Waals surface area contributed by atoms with Crippen LogP contribution in [-0.2, 0) is 18.9 Å². The molecule has 24 heteroatoms. The Bertz CT molecular complexity index is 4430. The number of alkyl carbamates (subject to hydrolysis) is 4. The number of nitrogens with zero attached hydrogens (tertiary/aromatic N) is 8. The van der Waals surface area contributed by atoms with Gasteiger partial charge in [0.15, 0.2) is 0 Å². The molecule has 4 aliphatic heterocycles. The van der Waals surface area contributed by atoms with E-state index in [9.17, 15) is 39.6 Å². The van der Waals surface area contributed by atoms with Crippen LogP contribution in [0.1, 0.15) is 258 Å². The number of hydrogen-bond donors (Lipinski definition) is 8. The van der Waals surface area contributed by atoms with Crippen molar-refractivity contribution in [3.8, 4) is 45.0 Å². The third-order valence-corrected chi connectivity index (χ3v) is 29.2. The fourth-order valence-electron chi connectivity index (χ4n) is 23.6. The molecule has 0 radical (unpaired) electrons. The minimum atomic E-state index is -0.485. The number of hydrogen-bond acceptors (Lipinski definition) is 16. The largest absolute Gasteiger partial charge is 0.444 e. The summed E-state index contributed by atoms with van der Waals surface area (Å²) < 4.78 is 30.5. The molecular weight excluding hydrogens is 1510 g/mol. The van der Waals surface area contributed by atoms with Crippen molar-refractivity contribution in [1.29, 1.82) is 0 Å². The predicted octanol–water partition coefficient (Wildman–Crippen LogP) is 17.1. The Morgan fingerprint density at radius 3 is 0.675 bits per heavy atom. The fraction of sp³-hybridized carbons (Fsp3) is 0.583. The first kappa shape index (κ1) is 82.9. The molecule has 24 nitrogen and oxygen atoms in total. The SMILES string of the molecule is CC(C)(C)OC(=O)NC1CCC2(CC1)C[C@@H]([C@@H]1c3ccccc3-c3cncn31)[C@H]2O.CC(C)(C)OC(=O)NC1CCC2(CC1)C[C@@H]([C@H]1c3ccccc3-c3cncn31)[C@@H]2O.CC(C)(C)OC(=O)NC1CCC2(CC1)C[C@H]([C@@H]1c3ccccc3-c3cncn31)[C@@H]2O.CC(C)(C)OC(=O)NC1CCC2(CC1)C[C@H]([C@H]1c3ccccc3-c3cncn31)[C@@H]2O. The van der Waals surface area contributed by atoms with Crippen LogP contribution in [-0.4, -0.2) is 154 Å². The molecule has 8 aromatic rings. The van der Waals surface area contributed by atoms with Crippen LogP contribution in [0.4, 0.5) is 19.2 Å². The number of aliphatic hydroxyl groups excluding tert-OH is 4. The zero-order valence-electron chi connectivity index (χ0n) is 71.9. The molecule has 12 atom stereocenters. The number of rotatable bonds is 8. The molecule has 8 aliphatic carbocycles. The number of amides is 4. The lowest BCUT2D eigenvalue weighted by Crippen LogP contribution is -2.58. The predicted molar refractivity (Wildman–Crippen MR) is 456 cm³/mol. The van der Waals surface area contributed by atoms with E-state index in [0.29, 0.717) is 0 Å². The number of fused-ring (bicyclic) bond motifs is 12. The lowest BCUT2D eigenvalue weighted by molar-refractivity contribution is -0.152. The van der Waals surface area contributed by atoms with E-state index in [1.165, 1.54) is 44.5 Å². The first-order valence-electron chi connectivity index (χ1n) is 44.2.